The van der Waals surface area contributed by atoms with Crippen LogP contribution >= 0.6 is 0 Å². The number of benzene rings is 1. The van der Waals surface area contributed by atoms with E-state index < -0.39 is 0 Å². The van der Waals surface area contributed by atoms with Gasteiger partial charge in [-0.3, -0.25) is 0 Å². The van der Waals surface area contributed by atoms with Crippen molar-refractivity contribution in [1.82, 2.24) is 0 Å². The molecular formula is C19H34. The van der Waals surface area contributed by atoms with Gasteiger partial charge in [0.05, 0.1) is 0 Å². The summed E-state index contributed by atoms with van der Waals surface area (Å²) in [5, 5.41) is 0. The summed E-state index contributed by atoms with van der Waals surface area (Å²) in [6.07, 6.45) is 8.38. The normalized spacial score (nSPS) is 11.6. The average molecular weight is 262 g/mol. The Bertz CT molecular complexity index is 267. The third kappa shape index (κ3) is 19.2. The van der Waals surface area contributed by atoms with Crippen LogP contribution in [-0.2, 0) is 0 Å². The monoisotopic (exact) mass is 262 g/mol. The fraction of sp³-hybridized carbons (Fsp3) is 0.474. The molecule has 0 heteroatoms. The lowest BCUT2D eigenvalue weighted by Crippen LogP contribution is -1.66. The molecule has 1 fully saturated rings. The zero-order valence-electron chi connectivity index (χ0n) is 12.7. The Balaban J connectivity index is -0.000000239. The summed E-state index contributed by atoms with van der Waals surface area (Å²) in [5.74, 6) is 1.08. The van der Waals surface area contributed by atoms with Crippen LogP contribution in [0.3, 0.4) is 0 Å². The standard InChI is InChI=1S/C10H12.C4H8.C2H6.C2H4.CH4/c1-2-3-7-10-8-5-4-6-9-10;1-4-2-3-4;2*1-2;/h3-9H,2H2,1H3;4H,2-3H2,1H3;1-2H3;1-2H2;1H4/b7-3-;;;;. The third-order valence-corrected chi connectivity index (χ3v) is 2.21. The molecule has 0 aromatic heterocycles. The SMILES string of the molecule is C.C=C.CC.CC/C=C\c1ccccc1.CC1CC1. The number of allylic oxidation sites excluding steroid dienone is 1. The van der Waals surface area contributed by atoms with E-state index in [0.717, 1.165) is 12.3 Å². The van der Waals surface area contributed by atoms with Gasteiger partial charge in [-0.15, -0.1) is 13.2 Å². The van der Waals surface area contributed by atoms with Crippen LogP contribution in [0.25, 0.3) is 6.08 Å². The van der Waals surface area contributed by atoms with E-state index in [1.54, 1.807) is 0 Å². The first-order valence-corrected chi connectivity index (χ1v) is 7.04. The molecule has 0 atom stereocenters. The highest BCUT2D eigenvalue weighted by Crippen LogP contribution is 2.26. The van der Waals surface area contributed by atoms with E-state index in [1.165, 1.54) is 18.4 Å². The van der Waals surface area contributed by atoms with E-state index in [0.29, 0.717) is 0 Å². The molecule has 0 N–H and O–H groups in total. The predicted octanol–water partition coefficient (Wildman–Crippen LogP) is 6.99. The summed E-state index contributed by atoms with van der Waals surface area (Å²) in [6.45, 7) is 14.4. The van der Waals surface area contributed by atoms with Crippen molar-refractivity contribution in [2.75, 3.05) is 0 Å². The van der Waals surface area contributed by atoms with Crippen molar-refractivity contribution < 1.29 is 0 Å². The Kier molecular flexibility index (Phi) is 22.9. The zero-order valence-corrected chi connectivity index (χ0v) is 12.7. The van der Waals surface area contributed by atoms with Crippen LogP contribution in [0.1, 0.15) is 59.9 Å². The summed E-state index contributed by atoms with van der Waals surface area (Å²) in [6, 6.07) is 10.3. The zero-order chi connectivity index (χ0) is 14.2. The van der Waals surface area contributed by atoms with Gasteiger partial charge >= 0.3 is 0 Å². The number of hydrogen-bond donors (Lipinski definition) is 0. The molecule has 0 nitrogen and oxygen atoms in total. The Morgan fingerprint density at radius 3 is 1.84 bits per heavy atom. The lowest BCUT2D eigenvalue weighted by Gasteiger charge is -1.88. The molecule has 0 unspecified atom stereocenters. The fourth-order valence-electron chi connectivity index (χ4n) is 0.985. The van der Waals surface area contributed by atoms with Crippen molar-refractivity contribution in [3.05, 3.63) is 55.1 Å². The van der Waals surface area contributed by atoms with E-state index in [9.17, 15) is 0 Å². The maximum absolute atomic E-state index is 3.00. The molecule has 0 aliphatic heterocycles. The molecular weight excluding hydrogens is 228 g/mol. The van der Waals surface area contributed by atoms with Crippen LogP contribution in [0.5, 0.6) is 0 Å². The smallest absolute Gasteiger partial charge is 0.0260 e. The lowest BCUT2D eigenvalue weighted by molar-refractivity contribution is 0.983. The average Bonchev–Trinajstić information content (AvgIpc) is 3.25. The summed E-state index contributed by atoms with van der Waals surface area (Å²) in [5.41, 5.74) is 1.28. The Morgan fingerprint density at radius 1 is 1.11 bits per heavy atom. The van der Waals surface area contributed by atoms with E-state index in [1.807, 2.05) is 19.9 Å². The van der Waals surface area contributed by atoms with E-state index in [2.05, 4.69) is 63.4 Å². The predicted molar refractivity (Wildman–Crippen MR) is 93.5 cm³/mol. The van der Waals surface area contributed by atoms with Gasteiger partial charge in [0.2, 0.25) is 0 Å². The van der Waals surface area contributed by atoms with Crippen LogP contribution in [0.15, 0.2) is 49.6 Å². The summed E-state index contributed by atoms with van der Waals surface area (Å²) in [4.78, 5) is 0. The maximum atomic E-state index is 3.00. The van der Waals surface area contributed by atoms with Gasteiger partial charge < -0.3 is 0 Å². The number of hydrogen-bond acceptors (Lipinski definition) is 0. The molecule has 19 heavy (non-hydrogen) atoms. The van der Waals surface area contributed by atoms with Crippen molar-refractivity contribution in [1.29, 1.82) is 0 Å². The first-order chi connectivity index (χ1) is 8.83. The first kappa shape index (κ1) is 22.8. The fourth-order valence-corrected chi connectivity index (χ4v) is 0.985. The molecule has 1 aliphatic rings. The van der Waals surface area contributed by atoms with E-state index >= 15 is 0 Å². The van der Waals surface area contributed by atoms with Crippen LogP contribution in [0, 0.1) is 5.92 Å². The van der Waals surface area contributed by atoms with Gasteiger partial charge in [-0.1, -0.05) is 90.4 Å². The molecule has 1 aliphatic carbocycles. The van der Waals surface area contributed by atoms with Gasteiger partial charge in [-0.2, -0.15) is 0 Å². The van der Waals surface area contributed by atoms with Gasteiger partial charge in [0.1, 0.15) is 0 Å². The molecule has 0 amide bonds. The minimum absolute atomic E-state index is 0. The molecule has 0 spiro atoms. The van der Waals surface area contributed by atoms with Crippen LogP contribution < -0.4 is 0 Å². The highest BCUT2D eigenvalue weighted by molar-refractivity contribution is 5.48. The second kappa shape index (κ2) is 19.0. The highest BCUT2D eigenvalue weighted by atomic mass is 14.2. The number of rotatable bonds is 2. The quantitative estimate of drug-likeness (QED) is 0.504. The van der Waals surface area contributed by atoms with E-state index in [-0.39, 0.29) is 7.43 Å². The Labute approximate surface area is 122 Å². The minimum Gasteiger partial charge on any atom is -0.106 e. The van der Waals surface area contributed by atoms with Gasteiger partial charge in [0.25, 0.3) is 0 Å². The maximum Gasteiger partial charge on any atom is -0.0260 e. The minimum atomic E-state index is 0. The first-order valence-electron chi connectivity index (χ1n) is 7.04. The largest absolute Gasteiger partial charge is 0.106 e. The van der Waals surface area contributed by atoms with Crippen LogP contribution in [0.4, 0.5) is 0 Å². The third-order valence-electron chi connectivity index (χ3n) is 2.21. The lowest BCUT2D eigenvalue weighted by atomic mass is 10.2. The van der Waals surface area contributed by atoms with Crippen molar-refractivity contribution in [2.45, 2.75) is 54.4 Å². The molecule has 1 aromatic rings. The van der Waals surface area contributed by atoms with E-state index in [4.69, 9.17) is 0 Å². The molecule has 0 radical (unpaired) electrons. The van der Waals surface area contributed by atoms with Crippen molar-refractivity contribution >= 4 is 6.08 Å². The summed E-state index contributed by atoms with van der Waals surface area (Å²) < 4.78 is 0. The van der Waals surface area contributed by atoms with Crippen molar-refractivity contribution in [3.63, 3.8) is 0 Å². The van der Waals surface area contributed by atoms with Crippen molar-refractivity contribution in [2.24, 2.45) is 5.92 Å². The topological polar surface area (TPSA) is 0 Å². The Morgan fingerprint density at radius 2 is 1.53 bits per heavy atom. The molecule has 1 aromatic carbocycles. The van der Waals surface area contributed by atoms with Crippen LogP contribution in [0.2, 0.25) is 0 Å². The molecule has 110 valence electrons. The molecule has 0 bridgehead atoms. The highest BCUT2D eigenvalue weighted by Gasteiger charge is 2.12. The second-order valence-electron chi connectivity index (χ2n) is 3.90. The van der Waals surface area contributed by atoms with Crippen LogP contribution in [-0.4, -0.2) is 0 Å². The van der Waals surface area contributed by atoms with Gasteiger partial charge in [-0.05, 0) is 17.9 Å². The molecule has 1 saturated carbocycles. The van der Waals surface area contributed by atoms with Gasteiger partial charge in [0.15, 0.2) is 0 Å². The van der Waals surface area contributed by atoms with Gasteiger partial charge in [-0.25, -0.2) is 0 Å². The Hall–Kier alpha value is -1.30. The van der Waals surface area contributed by atoms with Gasteiger partial charge in [0, 0.05) is 0 Å². The van der Waals surface area contributed by atoms with Crippen molar-refractivity contribution in [3.8, 4) is 0 Å². The molecule has 0 saturated heterocycles. The second-order valence-corrected chi connectivity index (χ2v) is 3.90. The summed E-state index contributed by atoms with van der Waals surface area (Å²) in [7, 11) is 0. The summed E-state index contributed by atoms with van der Waals surface area (Å²) >= 11 is 0. The molecule has 0 heterocycles. The molecule has 2 rings (SSSR count).